The van der Waals surface area contributed by atoms with Crippen LogP contribution < -0.4 is 15.5 Å². The molecule has 0 saturated carbocycles. The summed E-state index contributed by atoms with van der Waals surface area (Å²) in [4.78, 5) is 22.9. The third-order valence-corrected chi connectivity index (χ3v) is 6.42. The van der Waals surface area contributed by atoms with Crippen molar-refractivity contribution in [3.05, 3.63) is 66.9 Å². The van der Waals surface area contributed by atoms with Crippen molar-refractivity contribution in [3.63, 3.8) is 0 Å². The minimum Gasteiger partial charge on any atom is -0.379 e. The fraction of sp³-hybridized carbons (Fsp3) is 0.269. The van der Waals surface area contributed by atoms with Gasteiger partial charge in [-0.2, -0.15) is 0 Å². The molecular weight excluding hydrogens is 424 g/mol. The van der Waals surface area contributed by atoms with Crippen LogP contribution >= 0.6 is 0 Å². The Morgan fingerprint density at radius 3 is 2.79 bits per heavy atom. The maximum absolute atomic E-state index is 4.96. The number of H-pyrrole nitrogens is 2. The summed E-state index contributed by atoms with van der Waals surface area (Å²) in [5.74, 6) is 1.03. The Morgan fingerprint density at radius 1 is 1.03 bits per heavy atom. The SMILES string of the molecule is C[C@@H]1CN(c2cccc(CNc3ccnc4[nH]cc(-c5cnc6[nH]ccc6c5)c34)n2)C[C@H](C)N1. The number of aromatic nitrogens is 5. The number of hydrogen-bond acceptors (Lipinski definition) is 6. The van der Waals surface area contributed by atoms with Gasteiger partial charge in [0.2, 0.25) is 0 Å². The number of anilines is 2. The summed E-state index contributed by atoms with van der Waals surface area (Å²) in [6.07, 6.45) is 7.64. The molecule has 1 fully saturated rings. The molecule has 5 aromatic heterocycles. The number of fused-ring (bicyclic) bond motifs is 2. The highest BCUT2D eigenvalue weighted by Crippen LogP contribution is 2.34. The first-order valence-electron chi connectivity index (χ1n) is 11.7. The molecule has 8 nitrogen and oxygen atoms in total. The predicted octanol–water partition coefficient (Wildman–Crippen LogP) is 4.30. The van der Waals surface area contributed by atoms with Crippen molar-refractivity contribution in [2.24, 2.45) is 0 Å². The van der Waals surface area contributed by atoms with Crippen LogP contribution in [-0.4, -0.2) is 50.1 Å². The molecule has 8 heteroatoms. The maximum Gasteiger partial charge on any atom is 0.139 e. The Balaban J connectivity index is 1.28. The van der Waals surface area contributed by atoms with Crippen LogP contribution in [-0.2, 0) is 6.54 Å². The number of nitrogens with one attached hydrogen (secondary N) is 4. The van der Waals surface area contributed by atoms with Gasteiger partial charge in [0.25, 0.3) is 0 Å². The van der Waals surface area contributed by atoms with Crippen LogP contribution in [0, 0.1) is 0 Å². The highest BCUT2D eigenvalue weighted by atomic mass is 15.3. The molecular formula is C26H28N8. The number of rotatable bonds is 5. The molecule has 6 heterocycles. The molecule has 0 bridgehead atoms. The Kier molecular flexibility index (Phi) is 5.15. The molecule has 5 aromatic rings. The highest BCUT2D eigenvalue weighted by molar-refractivity contribution is 6.03. The van der Waals surface area contributed by atoms with Crippen molar-refractivity contribution in [1.82, 2.24) is 30.2 Å². The fourth-order valence-corrected chi connectivity index (χ4v) is 4.96. The molecule has 1 saturated heterocycles. The van der Waals surface area contributed by atoms with Crippen LogP contribution in [0.1, 0.15) is 19.5 Å². The van der Waals surface area contributed by atoms with E-state index in [0.717, 1.165) is 63.5 Å². The van der Waals surface area contributed by atoms with Crippen molar-refractivity contribution in [1.29, 1.82) is 0 Å². The van der Waals surface area contributed by atoms with Crippen LogP contribution in [0.2, 0.25) is 0 Å². The molecule has 1 aliphatic rings. The molecule has 2 atom stereocenters. The van der Waals surface area contributed by atoms with Crippen LogP contribution in [0.3, 0.4) is 0 Å². The molecule has 172 valence electrons. The molecule has 0 unspecified atom stereocenters. The van der Waals surface area contributed by atoms with Gasteiger partial charge in [-0.25, -0.2) is 15.0 Å². The fourth-order valence-electron chi connectivity index (χ4n) is 4.96. The number of aromatic amines is 2. The van der Waals surface area contributed by atoms with Crippen LogP contribution in [0.4, 0.5) is 11.5 Å². The van der Waals surface area contributed by atoms with Crippen molar-refractivity contribution in [2.75, 3.05) is 23.3 Å². The number of nitrogens with zero attached hydrogens (tertiary/aromatic N) is 4. The predicted molar refractivity (Wildman–Crippen MR) is 137 cm³/mol. The zero-order valence-electron chi connectivity index (χ0n) is 19.3. The topological polar surface area (TPSA) is 97.5 Å². The van der Waals surface area contributed by atoms with Gasteiger partial charge in [-0.3, -0.25) is 0 Å². The highest BCUT2D eigenvalue weighted by Gasteiger charge is 2.22. The second-order valence-corrected chi connectivity index (χ2v) is 9.14. The van der Waals surface area contributed by atoms with E-state index in [4.69, 9.17) is 4.98 Å². The van der Waals surface area contributed by atoms with E-state index < -0.39 is 0 Å². The van der Waals surface area contributed by atoms with Gasteiger partial charge in [-0.15, -0.1) is 0 Å². The van der Waals surface area contributed by atoms with E-state index in [1.165, 1.54) is 0 Å². The van der Waals surface area contributed by atoms with Crippen molar-refractivity contribution >= 4 is 33.6 Å². The monoisotopic (exact) mass is 452 g/mol. The lowest BCUT2D eigenvalue weighted by Gasteiger charge is -2.37. The molecule has 0 spiro atoms. The Bertz CT molecular complexity index is 1440. The normalized spacial score (nSPS) is 18.6. The molecule has 4 N–H and O–H groups in total. The first-order chi connectivity index (χ1) is 16.6. The summed E-state index contributed by atoms with van der Waals surface area (Å²) in [5, 5.41) is 9.33. The summed E-state index contributed by atoms with van der Waals surface area (Å²) in [5.41, 5.74) is 5.89. The lowest BCUT2D eigenvalue weighted by Crippen LogP contribution is -2.54. The summed E-state index contributed by atoms with van der Waals surface area (Å²) in [7, 11) is 0. The first kappa shape index (κ1) is 20.7. The summed E-state index contributed by atoms with van der Waals surface area (Å²) >= 11 is 0. The minimum absolute atomic E-state index is 0.449. The van der Waals surface area contributed by atoms with E-state index >= 15 is 0 Å². The molecule has 0 amide bonds. The molecule has 0 aliphatic carbocycles. The average molecular weight is 453 g/mol. The third kappa shape index (κ3) is 3.86. The van der Waals surface area contributed by atoms with Gasteiger partial charge in [-0.05, 0) is 44.2 Å². The number of piperazine rings is 1. The number of pyridine rings is 3. The van der Waals surface area contributed by atoms with Crippen molar-refractivity contribution < 1.29 is 0 Å². The van der Waals surface area contributed by atoms with Crippen molar-refractivity contribution in [3.8, 4) is 11.1 Å². The molecule has 34 heavy (non-hydrogen) atoms. The van der Waals surface area contributed by atoms with Gasteiger partial charge in [0.15, 0.2) is 0 Å². The summed E-state index contributed by atoms with van der Waals surface area (Å²) in [6, 6.07) is 13.4. The Labute approximate surface area is 197 Å². The van der Waals surface area contributed by atoms with Gasteiger partial charge in [0.05, 0.1) is 12.2 Å². The van der Waals surface area contributed by atoms with Gasteiger partial charge in [0, 0.05) is 77.5 Å². The molecule has 6 rings (SSSR count). The molecule has 0 radical (unpaired) electrons. The lowest BCUT2D eigenvalue weighted by molar-refractivity contribution is 0.405. The van der Waals surface area contributed by atoms with E-state index in [0.29, 0.717) is 18.6 Å². The molecule has 0 aromatic carbocycles. The quantitative estimate of drug-likeness (QED) is 0.317. The van der Waals surface area contributed by atoms with Crippen LogP contribution in [0.25, 0.3) is 33.2 Å². The molecule has 1 aliphatic heterocycles. The van der Waals surface area contributed by atoms with Gasteiger partial charge < -0.3 is 25.5 Å². The largest absolute Gasteiger partial charge is 0.379 e. The smallest absolute Gasteiger partial charge is 0.139 e. The van der Waals surface area contributed by atoms with E-state index in [2.05, 4.69) is 73.6 Å². The van der Waals surface area contributed by atoms with Crippen LogP contribution in [0.5, 0.6) is 0 Å². The van der Waals surface area contributed by atoms with E-state index in [-0.39, 0.29) is 0 Å². The van der Waals surface area contributed by atoms with Gasteiger partial charge in [0.1, 0.15) is 17.1 Å². The standard InChI is InChI=1S/C26H28N8/c1-16-14-34(15-17(2)32-16)23-5-3-4-20(33-23)12-29-22-7-9-28-26-24(22)21(13-31-26)19-10-18-6-8-27-25(18)30-11-19/h3-11,13,16-17,32H,12,14-15H2,1-2H3,(H,27,30)(H2,28,29,31)/t16-,17+. The lowest BCUT2D eigenvalue weighted by atomic mass is 10.1. The Morgan fingerprint density at radius 2 is 1.91 bits per heavy atom. The van der Waals surface area contributed by atoms with Gasteiger partial charge in [-0.1, -0.05) is 6.07 Å². The second kappa shape index (κ2) is 8.46. The summed E-state index contributed by atoms with van der Waals surface area (Å²) < 4.78 is 0. The van der Waals surface area contributed by atoms with Gasteiger partial charge >= 0.3 is 0 Å². The zero-order chi connectivity index (χ0) is 23.1. The Hall–Kier alpha value is -3.91. The summed E-state index contributed by atoms with van der Waals surface area (Å²) in [6.45, 7) is 7.00. The van der Waals surface area contributed by atoms with E-state index in [1.54, 1.807) is 0 Å². The minimum atomic E-state index is 0.449. The zero-order valence-corrected chi connectivity index (χ0v) is 19.3. The third-order valence-electron chi connectivity index (χ3n) is 6.42. The van der Waals surface area contributed by atoms with E-state index in [1.807, 2.05) is 36.9 Å². The number of hydrogen-bond donors (Lipinski definition) is 4. The van der Waals surface area contributed by atoms with E-state index in [9.17, 15) is 0 Å². The van der Waals surface area contributed by atoms with Crippen molar-refractivity contribution in [2.45, 2.75) is 32.5 Å². The average Bonchev–Trinajstić information content (AvgIpc) is 3.49. The maximum atomic E-state index is 4.96. The second-order valence-electron chi connectivity index (χ2n) is 9.14. The van der Waals surface area contributed by atoms with Crippen LogP contribution in [0.15, 0.2) is 61.2 Å². The first-order valence-corrected chi connectivity index (χ1v) is 11.7.